The third-order valence-electron chi connectivity index (χ3n) is 2.97. The molecule has 4 heteroatoms. The smallest absolute Gasteiger partial charge is 0.137 e. The van der Waals surface area contributed by atoms with Gasteiger partial charge in [-0.3, -0.25) is 0 Å². The minimum Gasteiger partial charge on any atom is -0.494 e. The van der Waals surface area contributed by atoms with Gasteiger partial charge in [0.1, 0.15) is 11.6 Å². The molecule has 2 aromatic carbocycles. The number of benzene rings is 2. The SMILES string of the molecule is CCOc1cccc(C(O)Cc2ccc(F)c(Br)c2)c1. The van der Waals surface area contributed by atoms with Gasteiger partial charge >= 0.3 is 0 Å². The second-order valence-corrected chi connectivity index (χ2v) is 5.33. The maximum absolute atomic E-state index is 13.2. The van der Waals surface area contributed by atoms with Crippen molar-refractivity contribution in [3.63, 3.8) is 0 Å². The quantitative estimate of drug-likeness (QED) is 0.882. The maximum atomic E-state index is 13.2. The molecule has 0 saturated carbocycles. The molecule has 0 heterocycles. The summed E-state index contributed by atoms with van der Waals surface area (Å²) < 4.78 is 19.0. The average molecular weight is 339 g/mol. The number of aliphatic hydroxyl groups is 1. The van der Waals surface area contributed by atoms with Gasteiger partial charge in [-0.15, -0.1) is 0 Å². The predicted octanol–water partition coefficient (Wildman–Crippen LogP) is 4.26. The summed E-state index contributed by atoms with van der Waals surface area (Å²) in [5.74, 6) is 0.436. The standard InChI is InChI=1S/C16H16BrFO2/c1-2-20-13-5-3-4-12(10-13)16(19)9-11-6-7-15(18)14(17)8-11/h3-8,10,16,19H,2,9H2,1H3. The van der Waals surface area contributed by atoms with Crippen molar-refractivity contribution in [2.24, 2.45) is 0 Å². The highest BCUT2D eigenvalue weighted by Crippen LogP contribution is 2.24. The normalized spacial score (nSPS) is 12.2. The van der Waals surface area contributed by atoms with Crippen LogP contribution in [0.25, 0.3) is 0 Å². The van der Waals surface area contributed by atoms with Gasteiger partial charge in [0.2, 0.25) is 0 Å². The van der Waals surface area contributed by atoms with Gasteiger partial charge in [-0.2, -0.15) is 0 Å². The lowest BCUT2D eigenvalue weighted by Crippen LogP contribution is -2.03. The summed E-state index contributed by atoms with van der Waals surface area (Å²) in [5, 5.41) is 10.3. The molecule has 0 fully saturated rings. The van der Waals surface area contributed by atoms with Gasteiger partial charge in [0.25, 0.3) is 0 Å². The topological polar surface area (TPSA) is 29.5 Å². The first-order valence-electron chi connectivity index (χ1n) is 6.45. The van der Waals surface area contributed by atoms with Gasteiger partial charge in [-0.05, 0) is 58.2 Å². The minimum atomic E-state index is -0.646. The Hall–Kier alpha value is -1.39. The predicted molar refractivity (Wildman–Crippen MR) is 80.4 cm³/mol. The van der Waals surface area contributed by atoms with Crippen molar-refractivity contribution in [1.82, 2.24) is 0 Å². The van der Waals surface area contributed by atoms with Crippen LogP contribution in [0.4, 0.5) is 4.39 Å². The lowest BCUT2D eigenvalue weighted by atomic mass is 10.0. The molecule has 20 heavy (non-hydrogen) atoms. The number of ether oxygens (including phenoxy) is 1. The lowest BCUT2D eigenvalue weighted by molar-refractivity contribution is 0.178. The summed E-state index contributed by atoms with van der Waals surface area (Å²) in [6.07, 6.45) is -0.221. The molecule has 2 rings (SSSR count). The third-order valence-corrected chi connectivity index (χ3v) is 3.57. The van der Waals surface area contributed by atoms with E-state index < -0.39 is 6.10 Å². The molecule has 0 aliphatic rings. The van der Waals surface area contributed by atoms with Crippen molar-refractivity contribution in [1.29, 1.82) is 0 Å². The summed E-state index contributed by atoms with van der Waals surface area (Å²) in [6, 6.07) is 12.1. The highest BCUT2D eigenvalue weighted by molar-refractivity contribution is 9.10. The van der Waals surface area contributed by atoms with Crippen LogP contribution >= 0.6 is 15.9 Å². The lowest BCUT2D eigenvalue weighted by Gasteiger charge is -2.13. The monoisotopic (exact) mass is 338 g/mol. The largest absolute Gasteiger partial charge is 0.494 e. The van der Waals surface area contributed by atoms with Gasteiger partial charge < -0.3 is 9.84 Å². The Morgan fingerprint density at radius 1 is 1.25 bits per heavy atom. The van der Waals surface area contributed by atoms with Crippen LogP contribution in [0.15, 0.2) is 46.9 Å². The van der Waals surface area contributed by atoms with E-state index in [2.05, 4.69) is 15.9 Å². The summed E-state index contributed by atoms with van der Waals surface area (Å²) in [7, 11) is 0. The van der Waals surface area contributed by atoms with E-state index in [1.54, 1.807) is 12.1 Å². The first-order chi connectivity index (χ1) is 9.60. The van der Waals surface area contributed by atoms with Crippen molar-refractivity contribution in [3.8, 4) is 5.75 Å². The van der Waals surface area contributed by atoms with Crippen LogP contribution in [0.5, 0.6) is 5.75 Å². The first-order valence-corrected chi connectivity index (χ1v) is 7.24. The van der Waals surface area contributed by atoms with Crippen LogP contribution in [0.3, 0.4) is 0 Å². The van der Waals surface area contributed by atoms with Crippen molar-refractivity contribution in [2.75, 3.05) is 6.61 Å². The first kappa shape index (κ1) is 15.0. The second kappa shape index (κ2) is 6.86. The zero-order valence-electron chi connectivity index (χ0n) is 11.1. The van der Waals surface area contributed by atoms with E-state index in [1.165, 1.54) is 6.07 Å². The second-order valence-electron chi connectivity index (χ2n) is 4.47. The summed E-state index contributed by atoms with van der Waals surface area (Å²) >= 11 is 3.15. The molecule has 1 N–H and O–H groups in total. The minimum absolute atomic E-state index is 0.304. The number of halogens is 2. The van der Waals surface area contributed by atoms with Crippen LogP contribution in [-0.4, -0.2) is 11.7 Å². The molecule has 0 aliphatic carbocycles. The fourth-order valence-corrected chi connectivity index (χ4v) is 2.41. The van der Waals surface area contributed by atoms with E-state index in [0.29, 0.717) is 17.5 Å². The molecular formula is C16H16BrFO2. The molecule has 0 saturated heterocycles. The molecule has 1 atom stereocenters. The highest BCUT2D eigenvalue weighted by atomic mass is 79.9. The molecule has 1 unspecified atom stereocenters. The number of hydrogen-bond acceptors (Lipinski definition) is 2. The maximum Gasteiger partial charge on any atom is 0.137 e. The van der Waals surface area contributed by atoms with Crippen molar-refractivity contribution < 1.29 is 14.2 Å². The molecule has 0 spiro atoms. The fourth-order valence-electron chi connectivity index (χ4n) is 1.99. The average Bonchev–Trinajstić information content (AvgIpc) is 2.43. The molecule has 2 aromatic rings. The molecule has 0 amide bonds. The highest BCUT2D eigenvalue weighted by Gasteiger charge is 2.11. The number of aliphatic hydroxyl groups excluding tert-OH is 1. The van der Waals surface area contributed by atoms with Gasteiger partial charge in [0.15, 0.2) is 0 Å². The van der Waals surface area contributed by atoms with E-state index in [-0.39, 0.29) is 5.82 Å². The van der Waals surface area contributed by atoms with Crippen molar-refractivity contribution in [3.05, 3.63) is 63.9 Å². The van der Waals surface area contributed by atoms with Crippen LogP contribution in [0.1, 0.15) is 24.2 Å². The van der Waals surface area contributed by atoms with Crippen molar-refractivity contribution >= 4 is 15.9 Å². The number of rotatable bonds is 5. The Balaban J connectivity index is 2.12. The van der Waals surface area contributed by atoms with E-state index in [4.69, 9.17) is 4.74 Å². The molecule has 0 radical (unpaired) electrons. The van der Waals surface area contributed by atoms with Gasteiger partial charge in [0, 0.05) is 6.42 Å². The molecule has 0 aliphatic heterocycles. The fraction of sp³-hybridized carbons (Fsp3) is 0.250. The van der Waals surface area contributed by atoms with Gasteiger partial charge in [-0.1, -0.05) is 18.2 Å². The Labute approximate surface area is 126 Å². The van der Waals surface area contributed by atoms with E-state index >= 15 is 0 Å². The zero-order chi connectivity index (χ0) is 14.5. The molecule has 0 bridgehead atoms. The zero-order valence-corrected chi connectivity index (χ0v) is 12.7. The molecular weight excluding hydrogens is 323 g/mol. The van der Waals surface area contributed by atoms with Crippen LogP contribution in [-0.2, 0) is 6.42 Å². The third kappa shape index (κ3) is 3.81. The molecule has 2 nitrogen and oxygen atoms in total. The van der Waals surface area contributed by atoms with E-state index in [0.717, 1.165) is 16.9 Å². The molecule has 0 aromatic heterocycles. The Morgan fingerprint density at radius 2 is 2.05 bits per heavy atom. The van der Waals surface area contributed by atoms with Crippen LogP contribution in [0.2, 0.25) is 0 Å². The van der Waals surface area contributed by atoms with Crippen LogP contribution < -0.4 is 4.74 Å². The Kier molecular flexibility index (Phi) is 5.15. The molecule has 106 valence electrons. The van der Waals surface area contributed by atoms with Crippen molar-refractivity contribution in [2.45, 2.75) is 19.4 Å². The Morgan fingerprint density at radius 3 is 2.75 bits per heavy atom. The van der Waals surface area contributed by atoms with Gasteiger partial charge in [0.05, 0.1) is 17.2 Å². The number of hydrogen-bond donors (Lipinski definition) is 1. The van der Waals surface area contributed by atoms with E-state index in [9.17, 15) is 9.50 Å². The van der Waals surface area contributed by atoms with Gasteiger partial charge in [-0.25, -0.2) is 4.39 Å². The summed E-state index contributed by atoms with van der Waals surface area (Å²) in [4.78, 5) is 0. The Bertz CT molecular complexity index is 586. The van der Waals surface area contributed by atoms with Crippen LogP contribution in [0, 0.1) is 5.82 Å². The summed E-state index contributed by atoms with van der Waals surface area (Å²) in [5.41, 5.74) is 1.66. The summed E-state index contributed by atoms with van der Waals surface area (Å²) in [6.45, 7) is 2.50. The van der Waals surface area contributed by atoms with E-state index in [1.807, 2.05) is 31.2 Å².